The minimum Gasteiger partial charge on any atom is -0.399 e. The molecule has 3 N–H and O–H groups in total. The van der Waals surface area contributed by atoms with Crippen LogP contribution in [-0.4, -0.2) is 20.1 Å². The molecular weight excluding hydrogens is 288 g/mol. The Labute approximate surface area is 123 Å². The Kier molecular flexibility index (Phi) is 4.59. The maximum Gasteiger partial charge on any atom is 0.264 e. The standard InChI is InChI=1S/C15H16N2O3S/c16-14-8-6-12(7-9-14)10-11-21(19,20)17-15(18)13-4-2-1-3-5-13/h1-9H,10-11,16H2,(H,17,18). The molecule has 0 unspecified atom stereocenters. The van der Waals surface area contributed by atoms with E-state index in [1.54, 1.807) is 54.6 Å². The van der Waals surface area contributed by atoms with E-state index in [1.807, 2.05) is 0 Å². The van der Waals surface area contributed by atoms with Gasteiger partial charge in [0.15, 0.2) is 0 Å². The van der Waals surface area contributed by atoms with Crippen molar-refractivity contribution in [1.82, 2.24) is 4.72 Å². The van der Waals surface area contributed by atoms with Gasteiger partial charge in [-0.05, 0) is 36.2 Å². The van der Waals surface area contributed by atoms with Gasteiger partial charge in [-0.3, -0.25) is 4.79 Å². The zero-order chi connectivity index (χ0) is 15.3. The largest absolute Gasteiger partial charge is 0.399 e. The van der Waals surface area contributed by atoms with Gasteiger partial charge in [-0.2, -0.15) is 0 Å². The number of carbonyl (C=O) groups excluding carboxylic acids is 1. The summed E-state index contributed by atoms with van der Waals surface area (Å²) in [5, 5.41) is 0. The van der Waals surface area contributed by atoms with Gasteiger partial charge in [0, 0.05) is 11.3 Å². The highest BCUT2D eigenvalue weighted by atomic mass is 32.2. The zero-order valence-electron chi connectivity index (χ0n) is 11.3. The molecule has 1 amide bonds. The van der Waals surface area contributed by atoms with E-state index in [4.69, 9.17) is 5.73 Å². The van der Waals surface area contributed by atoms with E-state index in [1.165, 1.54) is 0 Å². The van der Waals surface area contributed by atoms with Crippen molar-refractivity contribution in [2.24, 2.45) is 0 Å². The molecule has 0 aliphatic rings. The van der Waals surface area contributed by atoms with Crippen molar-refractivity contribution in [3.63, 3.8) is 0 Å². The second-order valence-corrected chi connectivity index (χ2v) is 6.45. The zero-order valence-corrected chi connectivity index (χ0v) is 12.1. The molecule has 0 aromatic heterocycles. The maximum absolute atomic E-state index is 11.9. The van der Waals surface area contributed by atoms with Crippen molar-refractivity contribution in [3.05, 3.63) is 65.7 Å². The molecule has 0 aliphatic carbocycles. The molecule has 0 heterocycles. The molecule has 0 saturated heterocycles. The monoisotopic (exact) mass is 304 g/mol. The molecule has 6 heteroatoms. The first-order valence-electron chi connectivity index (χ1n) is 6.40. The topological polar surface area (TPSA) is 89.3 Å². The highest BCUT2D eigenvalue weighted by Crippen LogP contribution is 2.07. The van der Waals surface area contributed by atoms with Crippen LogP contribution in [0.4, 0.5) is 5.69 Å². The van der Waals surface area contributed by atoms with Crippen molar-refractivity contribution in [2.75, 3.05) is 11.5 Å². The highest BCUT2D eigenvalue weighted by molar-refractivity contribution is 7.90. The fraction of sp³-hybridized carbons (Fsp3) is 0.133. The van der Waals surface area contributed by atoms with Gasteiger partial charge in [-0.15, -0.1) is 0 Å². The second kappa shape index (κ2) is 6.41. The predicted octanol–water partition coefficient (Wildman–Crippen LogP) is 1.57. The Balaban J connectivity index is 1.96. The lowest BCUT2D eigenvalue weighted by Crippen LogP contribution is -2.33. The summed E-state index contributed by atoms with van der Waals surface area (Å²) in [6.45, 7) is 0. The molecule has 110 valence electrons. The van der Waals surface area contributed by atoms with Gasteiger partial charge in [-0.25, -0.2) is 13.1 Å². The lowest BCUT2D eigenvalue weighted by molar-refractivity contribution is 0.0981. The van der Waals surface area contributed by atoms with Crippen LogP contribution in [0.3, 0.4) is 0 Å². The summed E-state index contributed by atoms with van der Waals surface area (Å²) in [4.78, 5) is 11.8. The summed E-state index contributed by atoms with van der Waals surface area (Å²) in [6, 6.07) is 15.2. The Bertz CT molecular complexity index is 710. The van der Waals surface area contributed by atoms with Crippen LogP contribution in [0.25, 0.3) is 0 Å². The van der Waals surface area contributed by atoms with Crippen LogP contribution in [0, 0.1) is 0 Å². The number of sulfonamides is 1. The number of carbonyl (C=O) groups is 1. The average Bonchev–Trinajstić information content (AvgIpc) is 2.47. The molecule has 21 heavy (non-hydrogen) atoms. The Morgan fingerprint density at radius 2 is 1.62 bits per heavy atom. The molecule has 2 aromatic rings. The first-order chi connectivity index (χ1) is 9.96. The summed E-state index contributed by atoms with van der Waals surface area (Å²) in [5.74, 6) is -0.775. The molecule has 2 aromatic carbocycles. The molecule has 0 fully saturated rings. The summed E-state index contributed by atoms with van der Waals surface area (Å²) in [5.41, 5.74) is 7.35. The summed E-state index contributed by atoms with van der Waals surface area (Å²) in [7, 11) is -3.67. The van der Waals surface area contributed by atoms with Gasteiger partial charge < -0.3 is 5.73 Å². The lowest BCUT2D eigenvalue weighted by Gasteiger charge is -2.07. The van der Waals surface area contributed by atoms with Gasteiger partial charge in [0.1, 0.15) is 0 Å². The average molecular weight is 304 g/mol. The number of anilines is 1. The van der Waals surface area contributed by atoms with E-state index in [-0.39, 0.29) is 5.75 Å². The number of nitrogen functional groups attached to an aromatic ring is 1. The number of aryl methyl sites for hydroxylation is 1. The number of hydrogen-bond acceptors (Lipinski definition) is 4. The molecular formula is C15H16N2O3S. The summed E-state index contributed by atoms with van der Waals surface area (Å²) < 4.78 is 25.9. The van der Waals surface area contributed by atoms with Crippen LogP contribution >= 0.6 is 0 Å². The van der Waals surface area contributed by atoms with Gasteiger partial charge >= 0.3 is 0 Å². The first kappa shape index (κ1) is 15.1. The van der Waals surface area contributed by atoms with Crippen molar-refractivity contribution < 1.29 is 13.2 Å². The molecule has 5 nitrogen and oxygen atoms in total. The smallest absolute Gasteiger partial charge is 0.264 e. The minimum atomic E-state index is -3.67. The second-order valence-electron chi connectivity index (χ2n) is 4.61. The molecule has 0 atom stereocenters. The fourth-order valence-corrected chi connectivity index (χ4v) is 2.78. The molecule has 0 saturated carbocycles. The number of amides is 1. The number of nitrogens with two attached hydrogens (primary N) is 1. The van der Waals surface area contributed by atoms with Gasteiger partial charge in [0.05, 0.1) is 5.75 Å². The first-order valence-corrected chi connectivity index (χ1v) is 8.06. The van der Waals surface area contributed by atoms with E-state index in [9.17, 15) is 13.2 Å². The van der Waals surface area contributed by atoms with E-state index in [0.717, 1.165) is 5.56 Å². The van der Waals surface area contributed by atoms with Crippen LogP contribution in [0.5, 0.6) is 0 Å². The van der Waals surface area contributed by atoms with Gasteiger partial charge in [0.25, 0.3) is 5.91 Å². The Morgan fingerprint density at radius 3 is 2.24 bits per heavy atom. The third-order valence-electron chi connectivity index (χ3n) is 2.92. The van der Waals surface area contributed by atoms with Crippen molar-refractivity contribution in [1.29, 1.82) is 0 Å². The van der Waals surface area contributed by atoms with Crippen LogP contribution < -0.4 is 10.5 Å². The minimum absolute atomic E-state index is 0.157. The molecule has 2 rings (SSSR count). The normalized spacial score (nSPS) is 11.0. The van der Waals surface area contributed by atoms with Crippen molar-refractivity contribution in [3.8, 4) is 0 Å². The van der Waals surface area contributed by atoms with Crippen molar-refractivity contribution >= 4 is 21.6 Å². The van der Waals surface area contributed by atoms with Crippen LogP contribution in [0.2, 0.25) is 0 Å². The fourth-order valence-electron chi connectivity index (χ4n) is 1.78. The molecule has 0 radical (unpaired) electrons. The maximum atomic E-state index is 11.9. The molecule has 0 aliphatic heterocycles. The third-order valence-corrected chi connectivity index (χ3v) is 4.16. The van der Waals surface area contributed by atoms with E-state index < -0.39 is 15.9 Å². The number of rotatable bonds is 5. The van der Waals surface area contributed by atoms with E-state index >= 15 is 0 Å². The molecule has 0 spiro atoms. The lowest BCUT2D eigenvalue weighted by atomic mass is 10.2. The Hall–Kier alpha value is -2.34. The SMILES string of the molecule is Nc1ccc(CCS(=O)(=O)NC(=O)c2ccccc2)cc1. The van der Waals surface area contributed by atoms with E-state index in [2.05, 4.69) is 4.72 Å². The number of benzene rings is 2. The summed E-state index contributed by atoms with van der Waals surface area (Å²) in [6.07, 6.45) is 0.317. The van der Waals surface area contributed by atoms with E-state index in [0.29, 0.717) is 17.7 Å². The third kappa shape index (κ3) is 4.61. The summed E-state index contributed by atoms with van der Waals surface area (Å²) >= 11 is 0. The number of hydrogen-bond donors (Lipinski definition) is 2. The van der Waals surface area contributed by atoms with Gasteiger partial charge in [-0.1, -0.05) is 30.3 Å². The van der Waals surface area contributed by atoms with Crippen LogP contribution in [-0.2, 0) is 16.4 Å². The predicted molar refractivity (Wildman–Crippen MR) is 82.3 cm³/mol. The number of nitrogens with one attached hydrogen (secondary N) is 1. The van der Waals surface area contributed by atoms with Gasteiger partial charge in [0.2, 0.25) is 10.0 Å². The van der Waals surface area contributed by atoms with Crippen LogP contribution in [0.15, 0.2) is 54.6 Å². The van der Waals surface area contributed by atoms with Crippen LogP contribution in [0.1, 0.15) is 15.9 Å². The quantitative estimate of drug-likeness (QED) is 0.821. The van der Waals surface area contributed by atoms with Crippen molar-refractivity contribution in [2.45, 2.75) is 6.42 Å². The Morgan fingerprint density at radius 1 is 1.00 bits per heavy atom. The highest BCUT2D eigenvalue weighted by Gasteiger charge is 2.15. The molecule has 0 bridgehead atoms.